The summed E-state index contributed by atoms with van der Waals surface area (Å²) in [5, 5.41) is 13.5. The number of anilines is 1. The number of alkyl halides is 3. The fraction of sp³-hybridized carbons (Fsp3) is 0.222. The van der Waals surface area contributed by atoms with Gasteiger partial charge in [0.15, 0.2) is 5.13 Å². The molecule has 0 radical (unpaired) electrons. The van der Waals surface area contributed by atoms with E-state index >= 15 is 0 Å². The molecule has 0 bridgehead atoms. The number of carbonyl (C=O) groups is 2. The lowest BCUT2D eigenvalue weighted by Crippen LogP contribution is -2.23. The third kappa shape index (κ3) is 5.85. The Morgan fingerprint density at radius 2 is 1.85 bits per heavy atom. The molecule has 15 heteroatoms. The number of ether oxygens (including phenoxy) is 1. The number of hydrogen-bond donors (Lipinski definition) is 2. The molecule has 0 saturated carbocycles. The maximum absolute atomic E-state index is 12.6. The Hall–Kier alpha value is -3.04. The SMILES string of the molecule is Cc1nc(COC(=O)O)sc1-c1csc(NC(=O)Cc2ccc(S(=O)(=O)C(F)(F)F)cc2)n1. The van der Waals surface area contributed by atoms with Gasteiger partial charge in [-0.1, -0.05) is 12.1 Å². The van der Waals surface area contributed by atoms with Gasteiger partial charge in [-0.2, -0.15) is 13.2 Å². The zero-order chi connectivity index (χ0) is 24.4. The van der Waals surface area contributed by atoms with E-state index in [4.69, 9.17) is 5.11 Å². The topological polar surface area (TPSA) is 136 Å². The van der Waals surface area contributed by atoms with Crippen molar-refractivity contribution in [2.75, 3.05) is 5.32 Å². The van der Waals surface area contributed by atoms with Crippen LogP contribution in [0.2, 0.25) is 0 Å². The second-order valence-electron chi connectivity index (χ2n) is 6.43. The van der Waals surface area contributed by atoms with Crippen molar-refractivity contribution in [3.8, 4) is 10.6 Å². The van der Waals surface area contributed by atoms with Crippen LogP contribution in [-0.4, -0.2) is 41.1 Å². The van der Waals surface area contributed by atoms with Gasteiger partial charge < -0.3 is 15.2 Å². The highest BCUT2D eigenvalue weighted by atomic mass is 32.2. The van der Waals surface area contributed by atoms with Gasteiger partial charge in [0.2, 0.25) is 5.91 Å². The van der Waals surface area contributed by atoms with Gasteiger partial charge in [0.1, 0.15) is 11.6 Å². The number of halogens is 3. The third-order valence-electron chi connectivity index (χ3n) is 4.05. The van der Waals surface area contributed by atoms with E-state index in [1.54, 1.807) is 12.3 Å². The van der Waals surface area contributed by atoms with E-state index in [1.165, 1.54) is 11.3 Å². The summed E-state index contributed by atoms with van der Waals surface area (Å²) in [7, 11) is -5.45. The zero-order valence-electron chi connectivity index (χ0n) is 16.5. The average Bonchev–Trinajstić information content (AvgIpc) is 3.32. The molecule has 0 atom stereocenters. The molecule has 9 nitrogen and oxygen atoms in total. The lowest BCUT2D eigenvalue weighted by molar-refractivity contribution is -0.115. The van der Waals surface area contributed by atoms with E-state index in [-0.39, 0.29) is 18.2 Å². The van der Waals surface area contributed by atoms with Crippen LogP contribution in [0.3, 0.4) is 0 Å². The summed E-state index contributed by atoms with van der Waals surface area (Å²) in [5.74, 6) is -0.501. The Labute approximate surface area is 192 Å². The Morgan fingerprint density at radius 1 is 1.18 bits per heavy atom. The minimum absolute atomic E-state index is 0.197. The van der Waals surface area contributed by atoms with E-state index in [1.807, 2.05) is 0 Å². The van der Waals surface area contributed by atoms with Crippen molar-refractivity contribution < 1.29 is 41.0 Å². The van der Waals surface area contributed by atoms with Crippen LogP contribution in [0.15, 0.2) is 34.5 Å². The van der Waals surface area contributed by atoms with Crippen LogP contribution >= 0.6 is 22.7 Å². The second-order valence-corrected chi connectivity index (χ2v) is 10.3. The number of carboxylic acid groups (broad SMARTS) is 1. The number of nitrogens with zero attached hydrogens (tertiary/aromatic N) is 2. The van der Waals surface area contributed by atoms with Crippen molar-refractivity contribution in [3.63, 3.8) is 0 Å². The average molecular weight is 522 g/mol. The molecular weight excluding hydrogens is 507 g/mol. The molecule has 0 aliphatic carbocycles. The lowest BCUT2D eigenvalue weighted by Gasteiger charge is -2.08. The predicted octanol–water partition coefficient (Wildman–Crippen LogP) is 4.24. The standard InChI is InChI=1S/C18H14F3N3O6S3/c1-9-15(32-14(22-9)7-30-17(26)27)12-8-31-16(23-12)24-13(25)6-10-2-4-11(5-3-10)33(28,29)18(19,20)21/h2-5,8H,6-7H2,1H3,(H,26,27)(H,23,24,25). The molecule has 0 aliphatic rings. The number of benzene rings is 1. The first kappa shape index (κ1) is 24.6. The molecular formula is C18H14F3N3O6S3. The number of thiazole rings is 2. The number of aromatic nitrogens is 2. The summed E-state index contributed by atoms with van der Waals surface area (Å²) in [6.45, 7) is 1.52. The number of aryl methyl sites for hydroxylation is 1. The number of hydrogen-bond acceptors (Lipinski definition) is 9. The first-order valence-electron chi connectivity index (χ1n) is 8.85. The van der Waals surface area contributed by atoms with Crippen LogP contribution in [0.5, 0.6) is 0 Å². The quantitative estimate of drug-likeness (QED) is 0.441. The van der Waals surface area contributed by atoms with Crippen LogP contribution in [-0.2, 0) is 32.4 Å². The van der Waals surface area contributed by atoms with Crippen LogP contribution in [0.25, 0.3) is 10.6 Å². The lowest BCUT2D eigenvalue weighted by atomic mass is 10.1. The summed E-state index contributed by atoms with van der Waals surface area (Å²) >= 11 is 2.33. The van der Waals surface area contributed by atoms with Gasteiger partial charge in [-0.25, -0.2) is 23.2 Å². The summed E-state index contributed by atoms with van der Waals surface area (Å²) < 4.78 is 65.1. The van der Waals surface area contributed by atoms with Crippen LogP contribution in [0.1, 0.15) is 16.3 Å². The molecule has 2 aromatic heterocycles. The summed E-state index contributed by atoms with van der Waals surface area (Å²) in [4.78, 5) is 31.1. The Bertz CT molecular complexity index is 1280. The fourth-order valence-electron chi connectivity index (χ4n) is 2.58. The van der Waals surface area contributed by atoms with Crippen molar-refractivity contribution in [3.05, 3.63) is 45.9 Å². The minimum atomic E-state index is -5.45. The highest BCUT2D eigenvalue weighted by Crippen LogP contribution is 2.33. The molecule has 2 heterocycles. The maximum atomic E-state index is 12.6. The maximum Gasteiger partial charge on any atom is 0.506 e. The molecule has 0 saturated heterocycles. The first-order chi connectivity index (χ1) is 15.4. The molecule has 0 spiro atoms. The number of sulfone groups is 1. The Balaban J connectivity index is 1.64. The van der Waals surface area contributed by atoms with E-state index in [0.717, 1.165) is 35.6 Å². The molecule has 0 unspecified atom stereocenters. The van der Waals surface area contributed by atoms with Crippen molar-refractivity contribution in [1.29, 1.82) is 0 Å². The molecule has 3 rings (SSSR count). The van der Waals surface area contributed by atoms with Gasteiger partial charge in [0.25, 0.3) is 9.84 Å². The van der Waals surface area contributed by atoms with Crippen LogP contribution in [0.4, 0.5) is 23.1 Å². The minimum Gasteiger partial charge on any atom is -0.450 e. The number of nitrogens with one attached hydrogen (secondary N) is 1. The van der Waals surface area contributed by atoms with Gasteiger partial charge in [0, 0.05) is 5.38 Å². The molecule has 0 fully saturated rings. The molecule has 3 aromatic rings. The van der Waals surface area contributed by atoms with Crippen molar-refractivity contribution in [2.45, 2.75) is 30.4 Å². The normalized spacial score (nSPS) is 11.9. The van der Waals surface area contributed by atoms with Crippen LogP contribution < -0.4 is 5.32 Å². The van der Waals surface area contributed by atoms with Crippen molar-refractivity contribution in [1.82, 2.24) is 9.97 Å². The van der Waals surface area contributed by atoms with Gasteiger partial charge in [-0.3, -0.25) is 4.79 Å². The monoisotopic (exact) mass is 521 g/mol. The summed E-state index contributed by atoms with van der Waals surface area (Å²) in [6.07, 6.45) is -1.63. The Kier molecular flexibility index (Phi) is 7.04. The number of rotatable bonds is 7. The third-order valence-corrected chi connectivity index (χ3v) is 7.46. The molecule has 176 valence electrons. The zero-order valence-corrected chi connectivity index (χ0v) is 19.0. The molecule has 33 heavy (non-hydrogen) atoms. The smallest absolute Gasteiger partial charge is 0.450 e. The highest BCUT2D eigenvalue weighted by Gasteiger charge is 2.46. The number of carbonyl (C=O) groups excluding carboxylic acids is 1. The first-order valence-corrected chi connectivity index (χ1v) is 12.0. The van der Waals surface area contributed by atoms with Gasteiger partial charge >= 0.3 is 11.7 Å². The van der Waals surface area contributed by atoms with E-state index < -0.39 is 32.3 Å². The number of amides is 1. The molecule has 1 amide bonds. The fourth-order valence-corrected chi connectivity index (χ4v) is 5.07. The Morgan fingerprint density at radius 3 is 2.45 bits per heavy atom. The van der Waals surface area contributed by atoms with Crippen molar-refractivity contribution >= 4 is 49.7 Å². The molecule has 2 N–H and O–H groups in total. The predicted molar refractivity (Wildman–Crippen MR) is 113 cm³/mol. The second kappa shape index (κ2) is 9.44. The largest absolute Gasteiger partial charge is 0.506 e. The summed E-state index contributed by atoms with van der Waals surface area (Å²) in [6, 6.07) is 3.86. The molecule has 0 aliphatic heterocycles. The highest BCUT2D eigenvalue weighted by molar-refractivity contribution is 7.92. The van der Waals surface area contributed by atoms with E-state index in [0.29, 0.717) is 26.8 Å². The van der Waals surface area contributed by atoms with Gasteiger partial charge in [-0.05, 0) is 24.6 Å². The van der Waals surface area contributed by atoms with E-state index in [2.05, 4.69) is 20.0 Å². The van der Waals surface area contributed by atoms with Gasteiger partial charge in [0.05, 0.1) is 27.6 Å². The molecule has 1 aromatic carbocycles. The van der Waals surface area contributed by atoms with Crippen LogP contribution in [0, 0.1) is 6.92 Å². The summed E-state index contributed by atoms with van der Waals surface area (Å²) in [5.41, 5.74) is -3.96. The van der Waals surface area contributed by atoms with Gasteiger partial charge in [-0.15, -0.1) is 22.7 Å². The van der Waals surface area contributed by atoms with Crippen molar-refractivity contribution in [2.24, 2.45) is 0 Å². The van der Waals surface area contributed by atoms with E-state index in [9.17, 15) is 31.2 Å².